The van der Waals surface area contributed by atoms with E-state index in [0.717, 1.165) is 28.6 Å². The highest BCUT2D eigenvalue weighted by Gasteiger charge is 2.14. The number of nitro groups is 1. The van der Waals surface area contributed by atoms with Crippen LogP contribution in [0, 0.1) is 10.1 Å². The lowest BCUT2D eigenvalue weighted by atomic mass is 10.2. The molecular formula is C18H21IN4O4. The van der Waals surface area contributed by atoms with Gasteiger partial charge in [-0.3, -0.25) is 15.1 Å². The maximum Gasteiger partial charge on any atom is 0.269 e. The molecule has 144 valence electrons. The van der Waals surface area contributed by atoms with Crippen molar-refractivity contribution in [1.82, 2.24) is 10.2 Å². The fourth-order valence-electron chi connectivity index (χ4n) is 2.69. The minimum atomic E-state index is -0.407. The number of nitrogens with one attached hydrogen (secondary N) is 1. The summed E-state index contributed by atoms with van der Waals surface area (Å²) in [6.45, 7) is 1.43. The third-order valence-electron chi connectivity index (χ3n) is 4.03. The molecule has 0 spiro atoms. The number of hydrogen-bond acceptors (Lipinski definition) is 5. The van der Waals surface area contributed by atoms with Crippen LogP contribution in [0.15, 0.2) is 47.5 Å². The number of fused-ring (bicyclic) bond motifs is 1. The maximum absolute atomic E-state index is 10.7. The molecule has 1 N–H and O–H groups in total. The van der Waals surface area contributed by atoms with Crippen LogP contribution in [0.4, 0.5) is 5.69 Å². The average molecular weight is 484 g/mol. The molecule has 0 bridgehead atoms. The van der Waals surface area contributed by atoms with Gasteiger partial charge in [-0.05, 0) is 23.3 Å². The Balaban J connectivity index is 0.00000261. The standard InChI is InChI=1S/C18H20N4O4.HI/c1-19-18(20-10-13-3-6-15(7-4-13)22(23)24)21(2)11-14-5-8-16-17(9-14)26-12-25-16;/h3-9H,10-12H2,1-2H3,(H,19,20);1H. The topological polar surface area (TPSA) is 89.2 Å². The molecule has 0 fully saturated rings. The number of non-ortho nitro benzene ring substituents is 1. The van der Waals surface area contributed by atoms with E-state index in [0.29, 0.717) is 13.1 Å². The molecule has 0 amide bonds. The van der Waals surface area contributed by atoms with Gasteiger partial charge in [0.15, 0.2) is 17.5 Å². The monoisotopic (exact) mass is 484 g/mol. The second-order valence-corrected chi connectivity index (χ2v) is 5.87. The number of hydrogen-bond donors (Lipinski definition) is 1. The van der Waals surface area contributed by atoms with Crippen LogP contribution in [0.5, 0.6) is 11.5 Å². The van der Waals surface area contributed by atoms with Gasteiger partial charge >= 0.3 is 0 Å². The van der Waals surface area contributed by atoms with Crippen molar-refractivity contribution in [2.75, 3.05) is 20.9 Å². The highest BCUT2D eigenvalue weighted by Crippen LogP contribution is 2.32. The van der Waals surface area contributed by atoms with Crippen molar-refractivity contribution in [2.45, 2.75) is 13.1 Å². The van der Waals surface area contributed by atoms with Crippen molar-refractivity contribution in [2.24, 2.45) is 4.99 Å². The van der Waals surface area contributed by atoms with Crippen LogP contribution in [0.2, 0.25) is 0 Å². The molecule has 0 saturated carbocycles. The lowest BCUT2D eigenvalue weighted by Gasteiger charge is -2.22. The molecule has 0 saturated heterocycles. The molecule has 0 unspecified atom stereocenters. The number of rotatable bonds is 5. The summed E-state index contributed by atoms with van der Waals surface area (Å²) in [4.78, 5) is 16.6. The van der Waals surface area contributed by atoms with Crippen LogP contribution in [0.1, 0.15) is 11.1 Å². The lowest BCUT2D eigenvalue weighted by molar-refractivity contribution is -0.384. The van der Waals surface area contributed by atoms with Gasteiger partial charge < -0.3 is 19.7 Å². The molecule has 0 atom stereocenters. The number of nitro benzene ring substituents is 1. The van der Waals surface area contributed by atoms with Crippen LogP contribution >= 0.6 is 24.0 Å². The molecule has 0 aromatic heterocycles. The third-order valence-corrected chi connectivity index (χ3v) is 4.03. The first-order chi connectivity index (χ1) is 12.6. The molecule has 9 heteroatoms. The van der Waals surface area contributed by atoms with E-state index < -0.39 is 4.92 Å². The quantitative estimate of drug-likeness (QED) is 0.231. The maximum atomic E-state index is 10.7. The van der Waals surface area contributed by atoms with Gasteiger partial charge in [-0.2, -0.15) is 0 Å². The van der Waals surface area contributed by atoms with E-state index >= 15 is 0 Å². The number of benzene rings is 2. The Morgan fingerprint density at radius 3 is 2.52 bits per heavy atom. The first kappa shape index (κ1) is 20.7. The Labute approximate surface area is 174 Å². The Hall–Kier alpha value is -2.56. The second-order valence-electron chi connectivity index (χ2n) is 5.87. The lowest BCUT2D eigenvalue weighted by Crippen LogP contribution is -2.38. The molecule has 2 aromatic carbocycles. The summed E-state index contributed by atoms with van der Waals surface area (Å²) in [5.41, 5.74) is 2.10. The Kier molecular flexibility index (Phi) is 7.22. The Morgan fingerprint density at radius 1 is 1.19 bits per heavy atom. The molecule has 1 aliphatic rings. The van der Waals surface area contributed by atoms with E-state index in [9.17, 15) is 10.1 Å². The number of guanidine groups is 1. The largest absolute Gasteiger partial charge is 0.454 e. The fraction of sp³-hybridized carbons (Fsp3) is 0.278. The smallest absolute Gasteiger partial charge is 0.269 e. The summed E-state index contributed by atoms with van der Waals surface area (Å²) >= 11 is 0. The predicted molar refractivity (Wildman–Crippen MR) is 113 cm³/mol. The van der Waals surface area contributed by atoms with Gasteiger partial charge in [0.1, 0.15) is 0 Å². The summed E-state index contributed by atoms with van der Waals surface area (Å²) in [6.07, 6.45) is 0. The van der Waals surface area contributed by atoms with E-state index in [2.05, 4.69) is 10.3 Å². The van der Waals surface area contributed by atoms with E-state index in [4.69, 9.17) is 9.47 Å². The second kappa shape index (κ2) is 9.40. The van der Waals surface area contributed by atoms with E-state index in [1.165, 1.54) is 12.1 Å². The first-order valence-electron chi connectivity index (χ1n) is 8.10. The van der Waals surface area contributed by atoms with Crippen molar-refractivity contribution in [3.8, 4) is 11.5 Å². The number of ether oxygens (including phenoxy) is 2. The predicted octanol–water partition coefficient (Wildman–Crippen LogP) is 3.15. The van der Waals surface area contributed by atoms with E-state index in [1.54, 1.807) is 19.2 Å². The summed E-state index contributed by atoms with van der Waals surface area (Å²) in [5.74, 6) is 2.24. The molecule has 0 radical (unpaired) electrons. The Morgan fingerprint density at radius 2 is 1.85 bits per heavy atom. The molecule has 8 nitrogen and oxygen atoms in total. The molecule has 27 heavy (non-hydrogen) atoms. The van der Waals surface area contributed by atoms with Crippen LogP contribution in [0.3, 0.4) is 0 Å². The van der Waals surface area contributed by atoms with Crippen LogP contribution in [0.25, 0.3) is 0 Å². The van der Waals surface area contributed by atoms with Crippen molar-refractivity contribution in [3.63, 3.8) is 0 Å². The number of halogens is 1. The van der Waals surface area contributed by atoms with Crippen LogP contribution in [-0.4, -0.2) is 36.7 Å². The van der Waals surface area contributed by atoms with E-state index in [1.807, 2.05) is 30.1 Å². The minimum Gasteiger partial charge on any atom is -0.454 e. The van der Waals surface area contributed by atoms with Gasteiger partial charge in [0, 0.05) is 39.3 Å². The average Bonchev–Trinajstić information content (AvgIpc) is 3.10. The van der Waals surface area contributed by atoms with Gasteiger partial charge in [0.2, 0.25) is 6.79 Å². The van der Waals surface area contributed by atoms with Gasteiger partial charge in [0.05, 0.1) is 4.92 Å². The van der Waals surface area contributed by atoms with Crippen LogP contribution in [-0.2, 0) is 13.1 Å². The zero-order valence-electron chi connectivity index (χ0n) is 15.0. The highest BCUT2D eigenvalue weighted by atomic mass is 127. The van der Waals surface area contributed by atoms with Gasteiger partial charge in [0.25, 0.3) is 5.69 Å². The van der Waals surface area contributed by atoms with Crippen molar-refractivity contribution in [3.05, 3.63) is 63.7 Å². The SMILES string of the molecule is CN=C(NCc1ccc([N+](=O)[O-])cc1)N(C)Cc1ccc2c(c1)OCO2.I. The molecule has 3 rings (SSSR count). The minimum absolute atomic E-state index is 0. The van der Waals surface area contributed by atoms with Gasteiger partial charge in [-0.25, -0.2) is 0 Å². The van der Waals surface area contributed by atoms with Crippen molar-refractivity contribution in [1.29, 1.82) is 0 Å². The van der Waals surface area contributed by atoms with E-state index in [-0.39, 0.29) is 36.5 Å². The molecule has 0 aliphatic carbocycles. The first-order valence-corrected chi connectivity index (χ1v) is 8.10. The third kappa shape index (κ3) is 5.22. The fourth-order valence-corrected chi connectivity index (χ4v) is 2.69. The van der Waals surface area contributed by atoms with Crippen molar-refractivity contribution < 1.29 is 14.4 Å². The molecule has 1 heterocycles. The highest BCUT2D eigenvalue weighted by molar-refractivity contribution is 14.0. The molecular weight excluding hydrogens is 463 g/mol. The number of nitrogens with zero attached hydrogens (tertiary/aromatic N) is 3. The number of aliphatic imine (C=N–C) groups is 1. The summed E-state index contributed by atoms with van der Waals surface area (Å²) in [5, 5.41) is 14.0. The van der Waals surface area contributed by atoms with Gasteiger partial charge in [-0.1, -0.05) is 18.2 Å². The Bertz CT molecular complexity index is 827. The summed E-state index contributed by atoms with van der Waals surface area (Å²) in [7, 11) is 3.66. The molecule has 2 aromatic rings. The molecule has 1 aliphatic heterocycles. The zero-order chi connectivity index (χ0) is 18.5. The van der Waals surface area contributed by atoms with Crippen LogP contribution < -0.4 is 14.8 Å². The summed E-state index contributed by atoms with van der Waals surface area (Å²) < 4.78 is 10.7. The summed E-state index contributed by atoms with van der Waals surface area (Å²) in [6, 6.07) is 12.3. The van der Waals surface area contributed by atoms with Gasteiger partial charge in [-0.15, -0.1) is 24.0 Å². The van der Waals surface area contributed by atoms with Crippen molar-refractivity contribution >= 4 is 35.6 Å². The normalized spacial score (nSPS) is 12.3. The zero-order valence-corrected chi connectivity index (χ0v) is 17.4.